The number of nitrogens with zero attached hydrogens (tertiary/aromatic N) is 1. The van der Waals surface area contributed by atoms with Gasteiger partial charge < -0.3 is 10.1 Å². The van der Waals surface area contributed by atoms with Gasteiger partial charge >= 0.3 is 0 Å². The van der Waals surface area contributed by atoms with E-state index in [1.807, 2.05) is 24.4 Å². The second-order valence-corrected chi connectivity index (χ2v) is 11.2. The SMILES string of the molecule is Cc1ccc(COc2ccc(C=Nc3ccc([C@@H]4Nc5ccc(C)cc5[C@H]5C=CC[C@H]54)cc3)cc2Br)cc1. The molecule has 2 aliphatic rings. The average molecular weight is 564 g/mol. The third-order valence-corrected chi connectivity index (χ3v) is 8.22. The molecule has 190 valence electrons. The molecular weight excluding hydrogens is 532 g/mol. The summed E-state index contributed by atoms with van der Waals surface area (Å²) in [7, 11) is 0. The van der Waals surface area contributed by atoms with E-state index >= 15 is 0 Å². The van der Waals surface area contributed by atoms with Crippen LogP contribution < -0.4 is 10.1 Å². The molecule has 0 saturated carbocycles. The number of ether oxygens (including phenoxy) is 1. The zero-order chi connectivity index (χ0) is 26.1. The number of aliphatic imine (C=N–C) groups is 1. The van der Waals surface area contributed by atoms with Crippen LogP contribution in [-0.2, 0) is 6.61 Å². The normalized spacial score (nSPS) is 19.7. The van der Waals surface area contributed by atoms with Crippen LogP contribution >= 0.6 is 15.9 Å². The van der Waals surface area contributed by atoms with Crippen LogP contribution in [0.15, 0.2) is 107 Å². The Morgan fingerprint density at radius 3 is 2.50 bits per heavy atom. The third-order valence-electron chi connectivity index (χ3n) is 7.60. The predicted octanol–water partition coefficient (Wildman–Crippen LogP) is 9.22. The fourth-order valence-electron chi connectivity index (χ4n) is 5.52. The van der Waals surface area contributed by atoms with E-state index in [1.165, 1.54) is 27.9 Å². The van der Waals surface area contributed by atoms with E-state index in [0.717, 1.165) is 33.5 Å². The molecule has 1 N–H and O–H groups in total. The molecule has 4 heteroatoms. The van der Waals surface area contributed by atoms with E-state index < -0.39 is 0 Å². The van der Waals surface area contributed by atoms with E-state index in [9.17, 15) is 0 Å². The Morgan fingerprint density at radius 2 is 1.71 bits per heavy atom. The number of anilines is 1. The maximum atomic E-state index is 6.01. The molecule has 0 bridgehead atoms. The highest BCUT2D eigenvalue weighted by atomic mass is 79.9. The third kappa shape index (κ3) is 5.19. The monoisotopic (exact) mass is 562 g/mol. The molecule has 4 aromatic carbocycles. The standard InChI is InChI=1S/C34H31BrN2O/c1-22-6-9-24(10-7-22)21-38-33-17-11-25(19-31(33)35)20-36-27-14-12-26(13-15-27)34-29-5-3-4-28(29)30-18-23(2)8-16-32(30)37-34/h3-4,6-20,28-29,34,37H,5,21H2,1-2H3/t28-,29+,34-/m0/s1. The van der Waals surface area contributed by atoms with E-state index in [2.05, 4.69) is 114 Å². The quantitative estimate of drug-likeness (QED) is 0.187. The number of aryl methyl sites for hydroxylation is 2. The molecule has 6 rings (SSSR count). The minimum Gasteiger partial charge on any atom is -0.488 e. The maximum absolute atomic E-state index is 6.01. The van der Waals surface area contributed by atoms with Crippen LogP contribution in [0.25, 0.3) is 0 Å². The molecule has 1 aliphatic heterocycles. The van der Waals surface area contributed by atoms with Gasteiger partial charge in [-0.15, -0.1) is 0 Å². The lowest BCUT2D eigenvalue weighted by Gasteiger charge is -2.37. The average Bonchev–Trinajstić information content (AvgIpc) is 3.43. The van der Waals surface area contributed by atoms with Gasteiger partial charge in [0.05, 0.1) is 16.2 Å². The molecule has 1 heterocycles. The van der Waals surface area contributed by atoms with Gasteiger partial charge in [-0.1, -0.05) is 71.8 Å². The van der Waals surface area contributed by atoms with Crippen molar-refractivity contribution < 1.29 is 4.74 Å². The van der Waals surface area contributed by atoms with E-state index in [1.54, 1.807) is 0 Å². The van der Waals surface area contributed by atoms with Crippen molar-refractivity contribution in [3.63, 3.8) is 0 Å². The first-order valence-electron chi connectivity index (χ1n) is 13.2. The number of fused-ring (bicyclic) bond motifs is 3. The molecule has 0 saturated heterocycles. The van der Waals surface area contributed by atoms with Gasteiger partial charge in [-0.25, -0.2) is 0 Å². The Hall–Kier alpha value is -3.63. The van der Waals surface area contributed by atoms with Gasteiger partial charge in [0, 0.05) is 17.8 Å². The molecule has 3 nitrogen and oxygen atoms in total. The molecule has 3 atom stereocenters. The first kappa shape index (κ1) is 24.7. The smallest absolute Gasteiger partial charge is 0.134 e. The topological polar surface area (TPSA) is 33.6 Å². The van der Waals surface area contributed by atoms with Gasteiger partial charge in [0.2, 0.25) is 0 Å². The summed E-state index contributed by atoms with van der Waals surface area (Å²) in [6, 6.07) is 30.2. The molecular formula is C34H31BrN2O. The minimum absolute atomic E-state index is 0.298. The Kier molecular flexibility index (Phi) is 6.90. The van der Waals surface area contributed by atoms with Crippen molar-refractivity contribution in [1.82, 2.24) is 0 Å². The summed E-state index contributed by atoms with van der Waals surface area (Å²) in [4.78, 5) is 4.73. The first-order chi connectivity index (χ1) is 18.5. The lowest BCUT2D eigenvalue weighted by atomic mass is 9.76. The van der Waals surface area contributed by atoms with E-state index in [-0.39, 0.29) is 0 Å². The second kappa shape index (κ2) is 10.6. The summed E-state index contributed by atoms with van der Waals surface area (Å²) in [6.45, 7) is 4.80. The molecule has 0 radical (unpaired) electrons. The Morgan fingerprint density at radius 1 is 0.921 bits per heavy atom. The highest BCUT2D eigenvalue weighted by Crippen LogP contribution is 2.50. The van der Waals surface area contributed by atoms with Crippen LogP contribution in [0.1, 0.15) is 51.8 Å². The minimum atomic E-state index is 0.298. The van der Waals surface area contributed by atoms with Gasteiger partial charge in [-0.3, -0.25) is 4.99 Å². The number of rotatable bonds is 6. The van der Waals surface area contributed by atoms with Gasteiger partial charge in [0.1, 0.15) is 12.4 Å². The van der Waals surface area contributed by atoms with Crippen LogP contribution in [0.4, 0.5) is 11.4 Å². The van der Waals surface area contributed by atoms with Gasteiger partial charge in [0.15, 0.2) is 0 Å². The number of hydrogen-bond acceptors (Lipinski definition) is 3. The van der Waals surface area contributed by atoms with Crippen molar-refractivity contribution in [3.05, 3.63) is 135 Å². The fraction of sp³-hybridized carbons (Fsp3) is 0.206. The summed E-state index contributed by atoms with van der Waals surface area (Å²) in [5, 5.41) is 3.83. The Labute approximate surface area is 233 Å². The number of halogens is 1. The van der Waals surface area contributed by atoms with Gasteiger partial charge in [0.25, 0.3) is 0 Å². The first-order valence-corrected chi connectivity index (χ1v) is 14.0. The van der Waals surface area contributed by atoms with Crippen molar-refractivity contribution in [2.45, 2.75) is 38.8 Å². The zero-order valence-electron chi connectivity index (χ0n) is 21.7. The molecule has 38 heavy (non-hydrogen) atoms. The lowest BCUT2D eigenvalue weighted by Crippen LogP contribution is -2.29. The van der Waals surface area contributed by atoms with E-state index in [0.29, 0.717) is 24.5 Å². The summed E-state index contributed by atoms with van der Waals surface area (Å²) in [6.07, 6.45) is 7.75. The van der Waals surface area contributed by atoms with Crippen molar-refractivity contribution in [3.8, 4) is 5.75 Å². The Balaban J connectivity index is 1.12. The van der Waals surface area contributed by atoms with E-state index in [4.69, 9.17) is 9.73 Å². The number of allylic oxidation sites excluding steroid dienone is 2. The lowest BCUT2D eigenvalue weighted by molar-refractivity contribution is 0.304. The molecule has 4 aromatic rings. The van der Waals surface area contributed by atoms with Crippen molar-refractivity contribution in [2.75, 3.05) is 5.32 Å². The molecule has 0 aromatic heterocycles. The maximum Gasteiger partial charge on any atom is 0.134 e. The molecule has 0 amide bonds. The summed E-state index contributed by atoms with van der Waals surface area (Å²) < 4.78 is 6.93. The highest BCUT2D eigenvalue weighted by Gasteiger charge is 2.37. The fourth-order valence-corrected chi connectivity index (χ4v) is 6.03. The van der Waals surface area contributed by atoms with Crippen LogP contribution in [0, 0.1) is 19.8 Å². The van der Waals surface area contributed by atoms with Gasteiger partial charge in [-0.05, 0) is 101 Å². The largest absolute Gasteiger partial charge is 0.488 e. The highest BCUT2D eigenvalue weighted by molar-refractivity contribution is 9.10. The number of hydrogen-bond donors (Lipinski definition) is 1. The van der Waals surface area contributed by atoms with Crippen LogP contribution in [0.3, 0.4) is 0 Å². The zero-order valence-corrected chi connectivity index (χ0v) is 23.3. The van der Waals surface area contributed by atoms with Crippen molar-refractivity contribution in [1.29, 1.82) is 0 Å². The van der Waals surface area contributed by atoms with Crippen molar-refractivity contribution in [2.24, 2.45) is 10.9 Å². The van der Waals surface area contributed by atoms with Gasteiger partial charge in [-0.2, -0.15) is 0 Å². The van der Waals surface area contributed by atoms with Crippen molar-refractivity contribution >= 4 is 33.5 Å². The van der Waals surface area contributed by atoms with Crippen LogP contribution in [-0.4, -0.2) is 6.21 Å². The van der Waals surface area contributed by atoms with Crippen LogP contribution in [0.5, 0.6) is 5.75 Å². The predicted molar refractivity (Wildman–Crippen MR) is 161 cm³/mol. The molecule has 0 fully saturated rings. The Bertz CT molecular complexity index is 1510. The molecule has 1 aliphatic carbocycles. The number of nitrogens with one attached hydrogen (secondary N) is 1. The summed E-state index contributed by atoms with van der Waals surface area (Å²) in [5.74, 6) is 1.85. The molecule has 0 unspecified atom stereocenters. The number of benzene rings is 4. The molecule has 0 spiro atoms. The van der Waals surface area contributed by atoms with Crippen LogP contribution in [0.2, 0.25) is 0 Å². The summed E-state index contributed by atoms with van der Waals surface area (Å²) >= 11 is 3.65. The summed E-state index contributed by atoms with van der Waals surface area (Å²) in [5.41, 5.74) is 9.68. The second-order valence-electron chi connectivity index (χ2n) is 10.4.